The highest BCUT2D eigenvalue weighted by atomic mass is 16.2. The average molecular weight is 409 g/mol. The van der Waals surface area contributed by atoms with Crippen molar-refractivity contribution in [2.45, 2.75) is 76.0 Å². The summed E-state index contributed by atoms with van der Waals surface area (Å²) in [6.45, 7) is 6.80. The van der Waals surface area contributed by atoms with Crippen LogP contribution >= 0.6 is 0 Å². The predicted molar refractivity (Wildman–Crippen MR) is 117 cm³/mol. The molecule has 3 aliphatic heterocycles. The van der Waals surface area contributed by atoms with Crippen molar-refractivity contribution in [3.63, 3.8) is 0 Å². The monoisotopic (exact) mass is 408 g/mol. The average Bonchev–Trinajstić information content (AvgIpc) is 3.33. The van der Waals surface area contributed by atoms with Gasteiger partial charge in [0.05, 0.1) is 0 Å². The SMILES string of the molecule is C=C1CCC(N2Cc3cc(N[C@H]4CCC[C@H]4N4CCCCC4)ccc3C2=O)C(=O)N1. The van der Waals surface area contributed by atoms with Gasteiger partial charge in [0.1, 0.15) is 6.04 Å². The van der Waals surface area contributed by atoms with Gasteiger partial charge in [0.25, 0.3) is 5.91 Å². The fraction of sp³-hybridized carbons (Fsp3) is 0.583. The van der Waals surface area contributed by atoms with E-state index in [0.717, 1.165) is 28.9 Å². The fourth-order valence-corrected chi connectivity index (χ4v) is 5.75. The van der Waals surface area contributed by atoms with Crippen molar-refractivity contribution in [3.8, 4) is 0 Å². The summed E-state index contributed by atoms with van der Waals surface area (Å²) in [6, 6.07) is 6.79. The van der Waals surface area contributed by atoms with Gasteiger partial charge in [0, 0.05) is 35.6 Å². The van der Waals surface area contributed by atoms with Crippen LogP contribution in [0.2, 0.25) is 0 Å². The summed E-state index contributed by atoms with van der Waals surface area (Å²) in [5.41, 5.74) is 3.59. The molecule has 6 nitrogen and oxygen atoms in total. The van der Waals surface area contributed by atoms with E-state index in [0.29, 0.717) is 25.0 Å². The lowest BCUT2D eigenvalue weighted by Gasteiger charge is -2.36. The Balaban J connectivity index is 1.28. The summed E-state index contributed by atoms with van der Waals surface area (Å²) in [7, 11) is 0. The van der Waals surface area contributed by atoms with Gasteiger partial charge >= 0.3 is 0 Å². The maximum atomic E-state index is 12.9. The highest BCUT2D eigenvalue weighted by molar-refractivity contribution is 6.01. The molecule has 1 unspecified atom stereocenters. The molecular formula is C24H32N4O2. The minimum Gasteiger partial charge on any atom is -0.381 e. The molecule has 6 heteroatoms. The molecule has 1 aliphatic carbocycles. The third-order valence-electron chi connectivity index (χ3n) is 7.33. The van der Waals surface area contributed by atoms with E-state index in [1.807, 2.05) is 12.1 Å². The number of rotatable bonds is 4. The number of anilines is 1. The molecule has 0 spiro atoms. The standard InChI is InChI=1S/C24H32N4O2/c1-16-8-11-22(23(29)25-16)28-15-17-14-18(9-10-19(17)24(28)30)26-20-6-5-7-21(20)27-12-3-2-4-13-27/h9-10,14,20-22,26H,1-8,11-13,15H2,(H,25,29)/t20-,21+,22?/m0/s1. The Hall–Kier alpha value is -2.34. The molecule has 3 heterocycles. The zero-order valence-corrected chi connectivity index (χ0v) is 17.7. The molecule has 4 aliphatic rings. The number of allylic oxidation sites excluding steroid dienone is 1. The van der Waals surface area contributed by atoms with Gasteiger partial charge in [-0.2, -0.15) is 0 Å². The molecule has 0 aromatic heterocycles. The first kappa shape index (κ1) is 19.6. The Kier molecular flexibility index (Phi) is 5.27. The van der Waals surface area contributed by atoms with Crippen molar-refractivity contribution >= 4 is 17.5 Å². The zero-order valence-electron chi connectivity index (χ0n) is 17.7. The number of benzene rings is 1. The topological polar surface area (TPSA) is 64.7 Å². The van der Waals surface area contributed by atoms with E-state index in [9.17, 15) is 9.59 Å². The van der Waals surface area contributed by atoms with E-state index in [1.54, 1.807) is 4.90 Å². The first-order valence-corrected chi connectivity index (χ1v) is 11.5. The van der Waals surface area contributed by atoms with Crippen molar-refractivity contribution in [2.24, 2.45) is 0 Å². The van der Waals surface area contributed by atoms with Gasteiger partial charge in [-0.05, 0) is 81.8 Å². The summed E-state index contributed by atoms with van der Waals surface area (Å²) < 4.78 is 0. The lowest BCUT2D eigenvalue weighted by Crippen LogP contribution is -2.49. The van der Waals surface area contributed by atoms with E-state index >= 15 is 0 Å². The first-order valence-electron chi connectivity index (χ1n) is 11.5. The summed E-state index contributed by atoms with van der Waals surface area (Å²) in [5, 5.41) is 6.58. The molecule has 2 amide bonds. The molecule has 3 atom stereocenters. The second kappa shape index (κ2) is 8.06. The maximum Gasteiger partial charge on any atom is 0.255 e. The number of hydrogen-bond donors (Lipinski definition) is 2. The number of carbonyl (C=O) groups is 2. The van der Waals surface area contributed by atoms with E-state index in [-0.39, 0.29) is 11.8 Å². The van der Waals surface area contributed by atoms with Crippen LogP contribution in [-0.4, -0.2) is 52.8 Å². The van der Waals surface area contributed by atoms with Gasteiger partial charge < -0.3 is 15.5 Å². The molecule has 0 bridgehead atoms. The second-order valence-corrected chi connectivity index (χ2v) is 9.30. The molecule has 30 heavy (non-hydrogen) atoms. The fourth-order valence-electron chi connectivity index (χ4n) is 5.75. The third kappa shape index (κ3) is 3.62. The Morgan fingerprint density at radius 1 is 1.03 bits per heavy atom. The van der Waals surface area contributed by atoms with Crippen LogP contribution in [0.1, 0.15) is 67.3 Å². The molecule has 2 saturated heterocycles. The first-order chi connectivity index (χ1) is 14.6. The number of nitrogens with zero attached hydrogens (tertiary/aromatic N) is 2. The highest BCUT2D eigenvalue weighted by Gasteiger charge is 2.38. The van der Waals surface area contributed by atoms with Crippen molar-refractivity contribution in [3.05, 3.63) is 41.6 Å². The van der Waals surface area contributed by atoms with Crippen LogP contribution in [0.25, 0.3) is 0 Å². The van der Waals surface area contributed by atoms with Crippen molar-refractivity contribution in [1.29, 1.82) is 0 Å². The molecule has 160 valence electrons. The van der Waals surface area contributed by atoms with Crippen LogP contribution in [-0.2, 0) is 11.3 Å². The van der Waals surface area contributed by atoms with Crippen LogP contribution < -0.4 is 10.6 Å². The number of likely N-dealkylation sites (tertiary alicyclic amines) is 1. The Morgan fingerprint density at radius 3 is 2.67 bits per heavy atom. The molecule has 1 saturated carbocycles. The summed E-state index contributed by atoms with van der Waals surface area (Å²) >= 11 is 0. The van der Waals surface area contributed by atoms with Crippen molar-refractivity contribution in [2.75, 3.05) is 18.4 Å². The number of fused-ring (bicyclic) bond motifs is 1. The van der Waals surface area contributed by atoms with Crippen molar-refractivity contribution in [1.82, 2.24) is 15.1 Å². The predicted octanol–water partition coefficient (Wildman–Crippen LogP) is 3.25. The van der Waals surface area contributed by atoms with Gasteiger partial charge in [-0.25, -0.2) is 0 Å². The molecule has 0 radical (unpaired) electrons. The van der Waals surface area contributed by atoms with Crippen LogP contribution in [0, 0.1) is 0 Å². The zero-order chi connectivity index (χ0) is 20.7. The van der Waals surface area contributed by atoms with E-state index < -0.39 is 6.04 Å². The molecule has 1 aromatic rings. The van der Waals surface area contributed by atoms with E-state index in [2.05, 4.69) is 28.2 Å². The van der Waals surface area contributed by atoms with Gasteiger partial charge in [0.2, 0.25) is 5.91 Å². The molecule has 3 fully saturated rings. The number of nitrogens with one attached hydrogen (secondary N) is 2. The van der Waals surface area contributed by atoms with E-state index in [1.165, 1.54) is 51.6 Å². The largest absolute Gasteiger partial charge is 0.381 e. The van der Waals surface area contributed by atoms with Gasteiger partial charge in [-0.3, -0.25) is 14.5 Å². The third-order valence-corrected chi connectivity index (χ3v) is 7.33. The quantitative estimate of drug-likeness (QED) is 0.803. The summed E-state index contributed by atoms with van der Waals surface area (Å²) in [4.78, 5) is 29.7. The maximum absolute atomic E-state index is 12.9. The number of hydrogen-bond acceptors (Lipinski definition) is 4. The molecular weight excluding hydrogens is 376 g/mol. The van der Waals surface area contributed by atoms with Crippen LogP contribution in [0.3, 0.4) is 0 Å². The molecule has 5 rings (SSSR count). The Labute approximate surface area is 178 Å². The number of amides is 2. The lowest BCUT2D eigenvalue weighted by molar-refractivity contribution is -0.126. The molecule has 2 N–H and O–H groups in total. The van der Waals surface area contributed by atoms with Gasteiger partial charge in [0.15, 0.2) is 0 Å². The van der Waals surface area contributed by atoms with Crippen LogP contribution in [0.15, 0.2) is 30.5 Å². The Bertz CT molecular complexity index is 861. The van der Waals surface area contributed by atoms with Gasteiger partial charge in [-0.15, -0.1) is 0 Å². The normalized spacial score (nSPS) is 29.8. The van der Waals surface area contributed by atoms with E-state index in [4.69, 9.17) is 0 Å². The highest BCUT2D eigenvalue weighted by Crippen LogP contribution is 2.33. The van der Waals surface area contributed by atoms with Gasteiger partial charge in [-0.1, -0.05) is 13.0 Å². The van der Waals surface area contributed by atoms with Crippen molar-refractivity contribution < 1.29 is 9.59 Å². The van der Waals surface area contributed by atoms with Crippen LogP contribution in [0.4, 0.5) is 5.69 Å². The molecule has 1 aromatic carbocycles. The smallest absolute Gasteiger partial charge is 0.255 e. The lowest BCUT2D eigenvalue weighted by atomic mass is 10.0. The summed E-state index contributed by atoms with van der Waals surface area (Å²) in [5.74, 6) is -0.141. The Morgan fingerprint density at radius 2 is 1.87 bits per heavy atom. The number of piperidine rings is 2. The summed E-state index contributed by atoms with van der Waals surface area (Å²) in [6.07, 6.45) is 9.14. The van der Waals surface area contributed by atoms with Crippen LogP contribution in [0.5, 0.6) is 0 Å². The second-order valence-electron chi connectivity index (χ2n) is 9.30. The minimum atomic E-state index is -0.398. The number of carbonyl (C=O) groups excluding carboxylic acids is 2. The minimum absolute atomic E-state index is 0.0312.